The summed E-state index contributed by atoms with van der Waals surface area (Å²) >= 11 is 0. The lowest BCUT2D eigenvalue weighted by atomic mass is 9.99. The van der Waals surface area contributed by atoms with Crippen molar-refractivity contribution in [3.05, 3.63) is 71.3 Å². The first kappa shape index (κ1) is 22.1. The van der Waals surface area contributed by atoms with Gasteiger partial charge in [0, 0.05) is 6.04 Å². The maximum atomic E-state index is 13.4. The standard InChI is InChI=1S/C26H30N2O4/c1-3-32-26(31)23(14-13-19-9-5-4-6-10-19)28-18(2)25(30)27(17-24(28)29)22-15-20-11-7-8-12-21(20)16-22/h4-12,18,22-23H,3,13-17H2,1-2H3/t18-,23-/m0/s1. The molecule has 1 aliphatic heterocycles. The van der Waals surface area contributed by atoms with Gasteiger partial charge in [-0.1, -0.05) is 54.6 Å². The van der Waals surface area contributed by atoms with Crippen LogP contribution in [0.25, 0.3) is 0 Å². The van der Waals surface area contributed by atoms with Crippen LogP contribution in [-0.4, -0.2) is 58.9 Å². The van der Waals surface area contributed by atoms with Gasteiger partial charge in [0.05, 0.1) is 6.61 Å². The molecule has 32 heavy (non-hydrogen) atoms. The van der Waals surface area contributed by atoms with Gasteiger partial charge in [-0.25, -0.2) is 4.79 Å². The van der Waals surface area contributed by atoms with Crippen molar-refractivity contribution in [2.75, 3.05) is 13.2 Å². The number of carbonyl (C=O) groups is 3. The first-order valence-electron chi connectivity index (χ1n) is 11.4. The molecule has 6 nitrogen and oxygen atoms in total. The van der Waals surface area contributed by atoms with Gasteiger partial charge in [-0.15, -0.1) is 0 Å². The van der Waals surface area contributed by atoms with Gasteiger partial charge >= 0.3 is 5.97 Å². The van der Waals surface area contributed by atoms with Gasteiger partial charge < -0.3 is 14.5 Å². The van der Waals surface area contributed by atoms with Crippen molar-refractivity contribution in [3.8, 4) is 0 Å². The van der Waals surface area contributed by atoms with Crippen LogP contribution in [0.1, 0.15) is 37.0 Å². The molecular weight excluding hydrogens is 404 g/mol. The van der Waals surface area contributed by atoms with Gasteiger partial charge in [0.25, 0.3) is 0 Å². The quantitative estimate of drug-likeness (QED) is 0.629. The smallest absolute Gasteiger partial charge is 0.328 e. The largest absolute Gasteiger partial charge is 0.464 e. The molecule has 0 saturated carbocycles. The molecule has 168 valence electrons. The highest BCUT2D eigenvalue weighted by Gasteiger charge is 2.45. The Bertz CT molecular complexity index is 965. The van der Waals surface area contributed by atoms with Gasteiger partial charge in [-0.2, -0.15) is 0 Å². The van der Waals surface area contributed by atoms with Crippen LogP contribution in [0, 0.1) is 0 Å². The monoisotopic (exact) mass is 434 g/mol. The predicted molar refractivity (Wildman–Crippen MR) is 121 cm³/mol. The Balaban J connectivity index is 1.51. The number of aryl methyl sites for hydroxylation is 1. The van der Waals surface area contributed by atoms with Crippen LogP contribution < -0.4 is 0 Å². The normalized spacial score (nSPS) is 19.8. The molecular formula is C26H30N2O4. The molecule has 0 radical (unpaired) electrons. The molecule has 0 unspecified atom stereocenters. The van der Waals surface area contributed by atoms with Crippen LogP contribution in [-0.2, 0) is 38.4 Å². The van der Waals surface area contributed by atoms with Gasteiger partial charge in [-0.05, 0) is 56.2 Å². The van der Waals surface area contributed by atoms with E-state index in [0.717, 1.165) is 18.4 Å². The predicted octanol–water partition coefficient (Wildman–Crippen LogP) is 2.78. The highest BCUT2D eigenvalue weighted by atomic mass is 16.5. The summed E-state index contributed by atoms with van der Waals surface area (Å²) in [6, 6.07) is 16.5. The Kier molecular flexibility index (Phi) is 6.58. The molecule has 0 N–H and O–H groups in total. The van der Waals surface area contributed by atoms with Crippen molar-refractivity contribution in [1.29, 1.82) is 0 Å². The van der Waals surface area contributed by atoms with Gasteiger partial charge in [0.2, 0.25) is 11.8 Å². The van der Waals surface area contributed by atoms with Crippen molar-refractivity contribution >= 4 is 17.8 Å². The molecule has 2 aromatic carbocycles. The number of hydrogen-bond acceptors (Lipinski definition) is 4. The van der Waals surface area contributed by atoms with E-state index in [1.165, 1.54) is 16.0 Å². The number of fused-ring (bicyclic) bond motifs is 1. The van der Waals surface area contributed by atoms with E-state index in [1.807, 2.05) is 42.5 Å². The second kappa shape index (κ2) is 9.55. The summed E-state index contributed by atoms with van der Waals surface area (Å²) in [7, 11) is 0. The fourth-order valence-corrected chi connectivity index (χ4v) is 4.95. The fraction of sp³-hybridized carbons (Fsp3) is 0.423. The van der Waals surface area contributed by atoms with Crippen molar-refractivity contribution in [1.82, 2.24) is 9.80 Å². The number of benzene rings is 2. The van der Waals surface area contributed by atoms with Crippen LogP contribution in [0.4, 0.5) is 0 Å². The molecule has 2 amide bonds. The van der Waals surface area contributed by atoms with Gasteiger partial charge in [0.1, 0.15) is 18.6 Å². The Morgan fingerprint density at radius 3 is 2.28 bits per heavy atom. The molecule has 2 aliphatic rings. The lowest BCUT2D eigenvalue weighted by molar-refractivity contribution is -0.167. The highest BCUT2D eigenvalue weighted by molar-refractivity contribution is 5.97. The van der Waals surface area contributed by atoms with Crippen LogP contribution in [0.5, 0.6) is 0 Å². The molecule has 2 atom stereocenters. The molecule has 0 bridgehead atoms. The number of hydrogen-bond donors (Lipinski definition) is 0. The van der Waals surface area contributed by atoms with E-state index >= 15 is 0 Å². The molecule has 4 rings (SSSR count). The number of ether oxygens (including phenoxy) is 1. The van der Waals surface area contributed by atoms with E-state index < -0.39 is 18.1 Å². The zero-order valence-corrected chi connectivity index (χ0v) is 18.7. The van der Waals surface area contributed by atoms with Crippen molar-refractivity contribution in [3.63, 3.8) is 0 Å². The first-order valence-corrected chi connectivity index (χ1v) is 11.4. The third-order valence-corrected chi connectivity index (χ3v) is 6.57. The fourth-order valence-electron chi connectivity index (χ4n) is 4.95. The van der Waals surface area contributed by atoms with Crippen LogP contribution >= 0.6 is 0 Å². The molecule has 1 heterocycles. The molecule has 0 aromatic heterocycles. The average molecular weight is 435 g/mol. The zero-order valence-electron chi connectivity index (χ0n) is 18.7. The van der Waals surface area contributed by atoms with Gasteiger partial charge in [0.15, 0.2) is 0 Å². The Morgan fingerprint density at radius 1 is 1.03 bits per heavy atom. The van der Waals surface area contributed by atoms with Crippen LogP contribution in [0.15, 0.2) is 54.6 Å². The Morgan fingerprint density at radius 2 is 1.66 bits per heavy atom. The maximum absolute atomic E-state index is 13.4. The van der Waals surface area contributed by atoms with Crippen LogP contribution in [0.2, 0.25) is 0 Å². The summed E-state index contributed by atoms with van der Waals surface area (Å²) in [4.78, 5) is 42.6. The minimum atomic E-state index is -0.774. The second-order valence-corrected chi connectivity index (χ2v) is 8.57. The van der Waals surface area contributed by atoms with Crippen molar-refractivity contribution in [2.24, 2.45) is 0 Å². The highest BCUT2D eigenvalue weighted by Crippen LogP contribution is 2.29. The number of amides is 2. The third kappa shape index (κ3) is 4.40. The van der Waals surface area contributed by atoms with E-state index in [0.29, 0.717) is 12.8 Å². The summed E-state index contributed by atoms with van der Waals surface area (Å²) in [6.45, 7) is 3.71. The lowest BCUT2D eigenvalue weighted by Gasteiger charge is -2.44. The lowest BCUT2D eigenvalue weighted by Crippen LogP contribution is -2.65. The summed E-state index contributed by atoms with van der Waals surface area (Å²) < 4.78 is 5.29. The second-order valence-electron chi connectivity index (χ2n) is 8.57. The van der Waals surface area contributed by atoms with E-state index in [4.69, 9.17) is 4.74 Å². The summed E-state index contributed by atoms with van der Waals surface area (Å²) in [5.74, 6) is -0.742. The average Bonchev–Trinajstić information content (AvgIpc) is 3.23. The Labute approximate surface area is 189 Å². The topological polar surface area (TPSA) is 66.9 Å². The minimum Gasteiger partial charge on any atom is -0.464 e. The van der Waals surface area contributed by atoms with E-state index in [9.17, 15) is 14.4 Å². The SMILES string of the molecule is CCOC(=O)[C@H](CCc1ccccc1)N1C(=O)CN(C2Cc3ccccc3C2)C(=O)[C@@H]1C. The van der Waals surface area contributed by atoms with Gasteiger partial charge in [-0.3, -0.25) is 9.59 Å². The van der Waals surface area contributed by atoms with E-state index in [-0.39, 0.29) is 31.0 Å². The number of nitrogens with zero attached hydrogens (tertiary/aromatic N) is 2. The minimum absolute atomic E-state index is 0.00305. The van der Waals surface area contributed by atoms with E-state index in [2.05, 4.69) is 12.1 Å². The number of carbonyl (C=O) groups excluding carboxylic acids is 3. The Hall–Kier alpha value is -3.15. The van der Waals surface area contributed by atoms with Crippen molar-refractivity contribution in [2.45, 2.75) is 57.7 Å². The van der Waals surface area contributed by atoms with Crippen LogP contribution in [0.3, 0.4) is 0 Å². The first-order chi connectivity index (χ1) is 15.5. The van der Waals surface area contributed by atoms with E-state index in [1.54, 1.807) is 18.7 Å². The third-order valence-electron chi connectivity index (χ3n) is 6.57. The summed E-state index contributed by atoms with van der Waals surface area (Å²) in [5, 5.41) is 0. The summed E-state index contributed by atoms with van der Waals surface area (Å²) in [5.41, 5.74) is 3.55. The number of rotatable bonds is 7. The number of piperazine rings is 1. The molecule has 6 heteroatoms. The van der Waals surface area contributed by atoms with Crippen molar-refractivity contribution < 1.29 is 19.1 Å². The molecule has 1 saturated heterocycles. The molecule has 1 aliphatic carbocycles. The molecule has 1 fully saturated rings. The molecule has 0 spiro atoms. The maximum Gasteiger partial charge on any atom is 0.328 e. The number of esters is 1. The molecule has 2 aromatic rings. The zero-order chi connectivity index (χ0) is 22.7. The summed E-state index contributed by atoms with van der Waals surface area (Å²) in [6.07, 6.45) is 2.56.